The van der Waals surface area contributed by atoms with Crippen LogP contribution in [0.2, 0.25) is 0 Å². The summed E-state index contributed by atoms with van der Waals surface area (Å²) in [7, 11) is 0. The van der Waals surface area contributed by atoms with Gasteiger partial charge in [0.15, 0.2) is 0 Å². The minimum Gasteiger partial charge on any atom is -0.332 e. The zero-order chi connectivity index (χ0) is 20.2. The first kappa shape index (κ1) is 20.6. The maximum absolute atomic E-state index is 12.9. The first-order valence-corrected chi connectivity index (χ1v) is 11.9. The molecular weight excluding hydrogens is 384 g/mol. The van der Waals surface area contributed by atoms with Gasteiger partial charge >= 0.3 is 0 Å². The minimum atomic E-state index is -0.477. The van der Waals surface area contributed by atoms with Crippen molar-refractivity contribution in [3.8, 4) is 0 Å². The summed E-state index contributed by atoms with van der Waals surface area (Å²) in [6.45, 7) is 0.620. The summed E-state index contributed by atoms with van der Waals surface area (Å²) in [4.78, 5) is 38.7. The molecule has 0 saturated carbocycles. The van der Waals surface area contributed by atoms with Crippen LogP contribution in [0.4, 0.5) is 0 Å². The van der Waals surface area contributed by atoms with Gasteiger partial charge in [-0.2, -0.15) is 0 Å². The fourth-order valence-electron chi connectivity index (χ4n) is 5.04. The summed E-state index contributed by atoms with van der Waals surface area (Å²) in [6.07, 6.45) is 8.43. The highest BCUT2D eigenvalue weighted by Crippen LogP contribution is 2.30. The summed E-state index contributed by atoms with van der Waals surface area (Å²) in [6, 6.07) is 7.89. The summed E-state index contributed by atoms with van der Waals surface area (Å²) in [5.74, 6) is 1.37. The highest BCUT2D eigenvalue weighted by Gasteiger charge is 2.42. The average Bonchev–Trinajstić information content (AvgIpc) is 3.42. The Kier molecular flexibility index (Phi) is 6.70. The number of benzene rings is 1. The van der Waals surface area contributed by atoms with Crippen LogP contribution in [-0.2, 0) is 27.2 Å². The molecule has 156 valence electrons. The minimum absolute atomic E-state index is 0.0770. The molecule has 29 heavy (non-hydrogen) atoms. The molecule has 2 aliphatic heterocycles. The lowest BCUT2D eigenvalue weighted by Crippen LogP contribution is -2.51. The number of carbonyl (C=O) groups is 3. The molecule has 0 aromatic heterocycles. The first-order chi connectivity index (χ1) is 14.2. The van der Waals surface area contributed by atoms with Crippen LogP contribution < -0.4 is 5.32 Å². The van der Waals surface area contributed by atoms with Crippen LogP contribution in [0.15, 0.2) is 24.3 Å². The van der Waals surface area contributed by atoms with Gasteiger partial charge in [-0.15, -0.1) is 11.8 Å². The largest absolute Gasteiger partial charge is 0.332 e. The SMILES string of the molecule is O=C[C@@H]1CCCN1C(=O)[C@H]1NCSC1C(=O)CCC[C@H]1CCc2ccccc2C1. The molecule has 4 rings (SSSR count). The van der Waals surface area contributed by atoms with Gasteiger partial charge in [-0.25, -0.2) is 0 Å². The van der Waals surface area contributed by atoms with Crippen molar-refractivity contribution in [2.24, 2.45) is 5.92 Å². The monoisotopic (exact) mass is 414 g/mol. The number of aryl methyl sites for hydroxylation is 1. The number of nitrogens with one attached hydrogen (secondary N) is 1. The third-order valence-electron chi connectivity index (χ3n) is 6.68. The van der Waals surface area contributed by atoms with Gasteiger partial charge in [-0.05, 0) is 62.0 Å². The van der Waals surface area contributed by atoms with E-state index in [4.69, 9.17) is 0 Å². The lowest BCUT2D eigenvalue weighted by molar-refractivity contribution is -0.137. The molecule has 0 spiro atoms. The van der Waals surface area contributed by atoms with E-state index in [1.165, 1.54) is 29.3 Å². The molecule has 4 atom stereocenters. The van der Waals surface area contributed by atoms with E-state index in [2.05, 4.69) is 29.6 Å². The Bertz CT molecular complexity index is 768. The van der Waals surface area contributed by atoms with Crippen LogP contribution in [0.25, 0.3) is 0 Å². The standard InChI is InChI=1S/C23H30N2O3S/c26-14-19-8-4-12-25(19)23(28)21-22(29-15-24-21)20(27)9-3-5-16-10-11-17-6-1-2-7-18(17)13-16/h1-2,6-7,14,16,19,21-22,24H,3-5,8-13,15H2/t16-,19-,21-,22?/m0/s1. The molecule has 5 nitrogen and oxygen atoms in total. The number of likely N-dealkylation sites (tertiary alicyclic amines) is 1. The van der Waals surface area contributed by atoms with Crippen molar-refractivity contribution in [1.82, 2.24) is 10.2 Å². The Balaban J connectivity index is 1.27. The van der Waals surface area contributed by atoms with Crippen molar-refractivity contribution in [3.63, 3.8) is 0 Å². The van der Waals surface area contributed by atoms with Gasteiger partial charge in [0.2, 0.25) is 5.91 Å². The highest BCUT2D eigenvalue weighted by molar-refractivity contribution is 8.00. The Morgan fingerprint density at radius 3 is 2.86 bits per heavy atom. The van der Waals surface area contributed by atoms with Gasteiger partial charge in [0.1, 0.15) is 18.1 Å². The summed E-state index contributed by atoms with van der Waals surface area (Å²) in [5, 5.41) is 2.88. The lowest BCUT2D eigenvalue weighted by Gasteiger charge is -2.26. The van der Waals surface area contributed by atoms with Crippen molar-refractivity contribution < 1.29 is 14.4 Å². The number of hydrogen-bond acceptors (Lipinski definition) is 5. The highest BCUT2D eigenvalue weighted by atomic mass is 32.2. The number of thioether (sulfide) groups is 1. The predicted molar refractivity (Wildman–Crippen MR) is 115 cm³/mol. The smallest absolute Gasteiger partial charge is 0.241 e. The van der Waals surface area contributed by atoms with Crippen LogP contribution in [0, 0.1) is 5.92 Å². The second-order valence-corrected chi connectivity index (χ2v) is 9.66. The van der Waals surface area contributed by atoms with Gasteiger partial charge in [-0.3, -0.25) is 14.9 Å². The van der Waals surface area contributed by atoms with E-state index in [1.54, 1.807) is 4.90 Å². The molecule has 2 heterocycles. The summed E-state index contributed by atoms with van der Waals surface area (Å²) in [5.41, 5.74) is 2.94. The van der Waals surface area contributed by atoms with E-state index < -0.39 is 6.04 Å². The fraction of sp³-hybridized carbons (Fsp3) is 0.609. The van der Waals surface area contributed by atoms with Crippen molar-refractivity contribution in [3.05, 3.63) is 35.4 Å². The number of rotatable bonds is 7. The van der Waals surface area contributed by atoms with E-state index in [0.29, 0.717) is 24.8 Å². The molecule has 1 N–H and O–H groups in total. The van der Waals surface area contributed by atoms with E-state index in [0.717, 1.165) is 44.8 Å². The molecule has 0 radical (unpaired) electrons. The molecule has 6 heteroatoms. The number of fused-ring (bicyclic) bond motifs is 1. The Morgan fingerprint density at radius 1 is 1.21 bits per heavy atom. The normalized spacial score (nSPS) is 28.9. The van der Waals surface area contributed by atoms with Gasteiger partial charge < -0.3 is 9.69 Å². The van der Waals surface area contributed by atoms with Crippen molar-refractivity contribution in [1.29, 1.82) is 0 Å². The Morgan fingerprint density at radius 2 is 2.03 bits per heavy atom. The third kappa shape index (κ3) is 4.58. The number of ketones is 1. The first-order valence-electron chi connectivity index (χ1n) is 10.9. The second kappa shape index (κ2) is 9.43. The average molecular weight is 415 g/mol. The molecule has 1 aromatic carbocycles. The van der Waals surface area contributed by atoms with Crippen molar-refractivity contribution >= 4 is 29.7 Å². The molecular formula is C23H30N2O3S. The van der Waals surface area contributed by atoms with Crippen LogP contribution in [-0.4, -0.2) is 52.6 Å². The third-order valence-corrected chi connectivity index (χ3v) is 7.90. The molecule has 1 aliphatic carbocycles. The quantitative estimate of drug-likeness (QED) is 0.695. The molecule has 1 aromatic rings. The van der Waals surface area contributed by atoms with Crippen molar-refractivity contribution in [2.45, 2.75) is 68.7 Å². The number of aldehydes is 1. The zero-order valence-corrected chi connectivity index (χ0v) is 17.7. The maximum atomic E-state index is 12.9. The number of hydrogen-bond donors (Lipinski definition) is 1. The number of amides is 1. The van der Waals surface area contributed by atoms with Crippen LogP contribution in [0.5, 0.6) is 0 Å². The molecule has 0 bridgehead atoms. The molecule has 2 saturated heterocycles. The maximum Gasteiger partial charge on any atom is 0.241 e. The van der Waals surface area contributed by atoms with Crippen LogP contribution >= 0.6 is 11.8 Å². The molecule has 3 aliphatic rings. The summed E-state index contributed by atoms with van der Waals surface area (Å²) < 4.78 is 0. The Hall–Kier alpha value is -1.66. The van der Waals surface area contributed by atoms with Gasteiger partial charge in [0.25, 0.3) is 0 Å². The second-order valence-electron chi connectivity index (χ2n) is 8.53. The Labute approximate surface area is 177 Å². The molecule has 1 amide bonds. The van der Waals surface area contributed by atoms with Gasteiger partial charge in [0, 0.05) is 18.8 Å². The van der Waals surface area contributed by atoms with Gasteiger partial charge in [0.05, 0.1) is 11.3 Å². The number of Topliss-reactive ketones (excluding diaryl/α,β-unsaturated/α-hetero) is 1. The molecule has 2 fully saturated rings. The van der Waals surface area contributed by atoms with E-state index in [-0.39, 0.29) is 23.0 Å². The van der Waals surface area contributed by atoms with Crippen molar-refractivity contribution in [2.75, 3.05) is 12.4 Å². The fourth-order valence-corrected chi connectivity index (χ4v) is 6.20. The number of nitrogens with zero attached hydrogens (tertiary/aromatic N) is 1. The van der Waals surface area contributed by atoms with E-state index in [1.807, 2.05) is 0 Å². The van der Waals surface area contributed by atoms with E-state index >= 15 is 0 Å². The predicted octanol–water partition coefficient (Wildman–Crippen LogP) is 2.75. The lowest BCUT2D eigenvalue weighted by atomic mass is 9.81. The van der Waals surface area contributed by atoms with Crippen LogP contribution in [0.1, 0.15) is 49.7 Å². The zero-order valence-electron chi connectivity index (χ0n) is 16.8. The van der Waals surface area contributed by atoms with Crippen LogP contribution in [0.3, 0.4) is 0 Å². The summed E-state index contributed by atoms with van der Waals surface area (Å²) >= 11 is 1.53. The topological polar surface area (TPSA) is 66.5 Å². The van der Waals surface area contributed by atoms with Gasteiger partial charge in [-0.1, -0.05) is 24.3 Å². The number of carbonyl (C=O) groups excluding carboxylic acids is 3. The molecule has 1 unspecified atom stereocenters. The van der Waals surface area contributed by atoms with E-state index in [9.17, 15) is 14.4 Å².